The van der Waals surface area contributed by atoms with Crippen LogP contribution in [0.1, 0.15) is 5.56 Å². The van der Waals surface area contributed by atoms with Crippen molar-refractivity contribution in [3.8, 4) is 17.0 Å². The van der Waals surface area contributed by atoms with E-state index in [2.05, 4.69) is 15.4 Å². The topological polar surface area (TPSA) is 76.0 Å². The first-order valence-electron chi connectivity index (χ1n) is 5.02. The van der Waals surface area contributed by atoms with Gasteiger partial charge in [-0.1, -0.05) is 11.6 Å². The molecule has 0 aliphatic carbocycles. The summed E-state index contributed by atoms with van der Waals surface area (Å²) in [6.45, 7) is 1.98. The van der Waals surface area contributed by atoms with Gasteiger partial charge in [-0.15, -0.1) is 0 Å². The molecule has 0 aliphatic rings. The highest BCUT2D eigenvalue weighted by atomic mass is 35.5. The van der Waals surface area contributed by atoms with Crippen molar-refractivity contribution < 1.29 is 4.74 Å². The number of ether oxygens (including phenoxy) is 1. The number of nitrogens with two attached hydrogens (primary N) is 1. The van der Waals surface area contributed by atoms with Gasteiger partial charge in [0.05, 0.1) is 24.0 Å². The fraction of sp³-hybridized carbons (Fsp3) is 0.182. The Hall–Kier alpha value is -1.72. The highest BCUT2D eigenvalue weighted by Crippen LogP contribution is 2.32. The van der Waals surface area contributed by atoms with Crippen molar-refractivity contribution in [1.29, 1.82) is 0 Å². The van der Waals surface area contributed by atoms with Crippen LogP contribution in [0.25, 0.3) is 11.3 Å². The Kier molecular flexibility index (Phi) is 3.21. The summed E-state index contributed by atoms with van der Waals surface area (Å²) in [5.74, 6) is 6.43. The van der Waals surface area contributed by atoms with Crippen molar-refractivity contribution in [1.82, 2.24) is 9.97 Å². The molecular weight excluding hydrogens is 240 g/mol. The lowest BCUT2D eigenvalue weighted by Gasteiger charge is -2.08. The predicted molar refractivity (Wildman–Crippen MR) is 68.1 cm³/mol. The average Bonchev–Trinajstić information content (AvgIpc) is 2.80. The highest BCUT2D eigenvalue weighted by molar-refractivity contribution is 6.32. The number of rotatable bonds is 3. The molecule has 0 fully saturated rings. The summed E-state index contributed by atoms with van der Waals surface area (Å²) in [5, 5.41) is 0.560. The van der Waals surface area contributed by atoms with Crippen molar-refractivity contribution in [2.45, 2.75) is 6.92 Å². The number of hydrazine groups is 1. The molecule has 0 unspecified atom stereocenters. The lowest BCUT2D eigenvalue weighted by molar-refractivity contribution is 0.415. The zero-order valence-corrected chi connectivity index (χ0v) is 10.3. The monoisotopic (exact) mass is 252 g/mol. The summed E-state index contributed by atoms with van der Waals surface area (Å²) in [4.78, 5) is 7.10. The first kappa shape index (κ1) is 11.8. The number of hydrogen-bond donors (Lipinski definition) is 3. The molecule has 0 atom stereocenters. The molecule has 1 aromatic carbocycles. The third kappa shape index (κ3) is 2.20. The smallest absolute Gasteiger partial charge is 0.215 e. The van der Waals surface area contributed by atoms with Crippen molar-refractivity contribution in [3.63, 3.8) is 0 Å². The van der Waals surface area contributed by atoms with E-state index >= 15 is 0 Å². The largest absolute Gasteiger partial charge is 0.495 e. The summed E-state index contributed by atoms with van der Waals surface area (Å²) >= 11 is 6.09. The molecule has 0 saturated carbocycles. The molecule has 1 heterocycles. The van der Waals surface area contributed by atoms with E-state index in [0.29, 0.717) is 16.7 Å². The standard InChI is InChI=1S/C11H13ClN4O/c1-6-3-10(17-2)8(12)4-7(6)9-5-14-11(15-9)16-13/h3-5H,13H2,1-2H3,(H2,14,15,16). The van der Waals surface area contributed by atoms with Crippen LogP contribution in [0.4, 0.5) is 5.95 Å². The number of nitrogens with zero attached hydrogens (tertiary/aromatic N) is 1. The molecule has 2 aromatic rings. The fourth-order valence-corrected chi connectivity index (χ4v) is 1.87. The SMILES string of the molecule is COc1cc(C)c(-c2cnc(NN)[nH]2)cc1Cl. The number of aromatic nitrogens is 2. The van der Waals surface area contributed by atoms with Gasteiger partial charge in [-0.05, 0) is 24.6 Å². The number of H-pyrrole nitrogens is 1. The van der Waals surface area contributed by atoms with Crippen LogP contribution in [0.15, 0.2) is 18.3 Å². The van der Waals surface area contributed by atoms with Crippen LogP contribution >= 0.6 is 11.6 Å². The summed E-state index contributed by atoms with van der Waals surface area (Å²) < 4.78 is 5.15. The van der Waals surface area contributed by atoms with Crippen LogP contribution in [0.2, 0.25) is 5.02 Å². The second-order valence-corrected chi connectivity index (χ2v) is 4.00. The third-order valence-electron chi connectivity index (χ3n) is 2.50. The van der Waals surface area contributed by atoms with Crippen molar-refractivity contribution in [2.24, 2.45) is 5.84 Å². The van der Waals surface area contributed by atoms with Crippen molar-refractivity contribution in [3.05, 3.63) is 28.9 Å². The van der Waals surface area contributed by atoms with Crippen LogP contribution in [-0.2, 0) is 0 Å². The lowest BCUT2D eigenvalue weighted by atomic mass is 10.1. The first-order chi connectivity index (χ1) is 8.15. The Morgan fingerprint density at radius 1 is 1.47 bits per heavy atom. The maximum absolute atomic E-state index is 6.09. The maximum atomic E-state index is 6.09. The van der Waals surface area contributed by atoms with E-state index in [1.807, 2.05) is 19.1 Å². The molecule has 17 heavy (non-hydrogen) atoms. The summed E-state index contributed by atoms with van der Waals surface area (Å²) in [6.07, 6.45) is 1.69. The molecule has 0 amide bonds. The number of aromatic amines is 1. The Labute approximate surface area is 104 Å². The summed E-state index contributed by atoms with van der Waals surface area (Å²) in [6, 6.07) is 3.72. The number of benzene rings is 1. The molecule has 0 spiro atoms. The van der Waals surface area contributed by atoms with Gasteiger partial charge in [0.25, 0.3) is 0 Å². The van der Waals surface area contributed by atoms with Crippen LogP contribution in [-0.4, -0.2) is 17.1 Å². The number of nitrogens with one attached hydrogen (secondary N) is 2. The van der Waals surface area contributed by atoms with E-state index in [1.54, 1.807) is 13.3 Å². The molecule has 4 N–H and O–H groups in total. The zero-order valence-electron chi connectivity index (χ0n) is 9.54. The average molecular weight is 253 g/mol. The first-order valence-corrected chi connectivity index (χ1v) is 5.39. The zero-order chi connectivity index (χ0) is 12.4. The quantitative estimate of drug-likeness (QED) is 0.579. The van der Waals surface area contributed by atoms with E-state index in [1.165, 1.54) is 0 Å². The minimum Gasteiger partial charge on any atom is -0.495 e. The maximum Gasteiger partial charge on any atom is 0.215 e. The highest BCUT2D eigenvalue weighted by Gasteiger charge is 2.10. The van der Waals surface area contributed by atoms with Gasteiger partial charge in [0.1, 0.15) is 5.75 Å². The van der Waals surface area contributed by atoms with Crippen molar-refractivity contribution >= 4 is 17.5 Å². The number of imidazole rings is 1. The Balaban J connectivity index is 2.48. The third-order valence-corrected chi connectivity index (χ3v) is 2.80. The Morgan fingerprint density at radius 2 is 2.24 bits per heavy atom. The molecule has 0 aliphatic heterocycles. The van der Waals surface area contributed by atoms with E-state index in [9.17, 15) is 0 Å². The number of nitrogen functional groups attached to an aromatic ring is 1. The minimum atomic E-state index is 0.506. The van der Waals surface area contributed by atoms with Gasteiger partial charge in [-0.2, -0.15) is 0 Å². The molecule has 1 aromatic heterocycles. The number of methoxy groups -OCH3 is 1. The number of aryl methyl sites for hydroxylation is 1. The summed E-state index contributed by atoms with van der Waals surface area (Å²) in [5.41, 5.74) is 5.30. The number of hydrogen-bond acceptors (Lipinski definition) is 4. The molecule has 0 saturated heterocycles. The van der Waals surface area contributed by atoms with Crippen LogP contribution in [0, 0.1) is 6.92 Å². The summed E-state index contributed by atoms with van der Waals surface area (Å²) in [7, 11) is 1.59. The van der Waals surface area contributed by atoms with Gasteiger partial charge in [0.2, 0.25) is 5.95 Å². The molecule has 5 nitrogen and oxygen atoms in total. The predicted octanol–water partition coefficient (Wildman–Crippen LogP) is 2.33. The number of anilines is 1. The molecule has 2 rings (SSSR count). The van der Waals surface area contributed by atoms with Crippen molar-refractivity contribution in [2.75, 3.05) is 12.5 Å². The molecule has 6 heteroatoms. The van der Waals surface area contributed by atoms with E-state index in [4.69, 9.17) is 22.2 Å². The van der Waals surface area contributed by atoms with Gasteiger partial charge in [-0.3, -0.25) is 5.43 Å². The minimum absolute atomic E-state index is 0.506. The van der Waals surface area contributed by atoms with Gasteiger partial charge < -0.3 is 9.72 Å². The van der Waals surface area contributed by atoms with E-state index in [-0.39, 0.29) is 0 Å². The van der Waals surface area contributed by atoms with Crippen LogP contribution < -0.4 is 16.0 Å². The van der Waals surface area contributed by atoms with Gasteiger partial charge in [0, 0.05) is 5.56 Å². The van der Waals surface area contributed by atoms with Gasteiger partial charge in [-0.25, -0.2) is 10.8 Å². The Morgan fingerprint density at radius 3 is 2.82 bits per heavy atom. The normalized spacial score (nSPS) is 10.4. The molecule has 0 bridgehead atoms. The van der Waals surface area contributed by atoms with Gasteiger partial charge in [0.15, 0.2) is 0 Å². The Bertz CT molecular complexity index is 538. The lowest BCUT2D eigenvalue weighted by Crippen LogP contribution is -2.07. The van der Waals surface area contributed by atoms with E-state index < -0.39 is 0 Å². The van der Waals surface area contributed by atoms with E-state index in [0.717, 1.165) is 16.8 Å². The molecule has 0 radical (unpaired) electrons. The number of halogens is 1. The fourth-order valence-electron chi connectivity index (χ4n) is 1.63. The van der Waals surface area contributed by atoms with Crippen LogP contribution in [0.5, 0.6) is 5.75 Å². The molecule has 90 valence electrons. The second-order valence-electron chi connectivity index (χ2n) is 3.59. The second kappa shape index (κ2) is 4.65. The molecular formula is C11H13ClN4O. The van der Waals surface area contributed by atoms with Gasteiger partial charge >= 0.3 is 0 Å². The van der Waals surface area contributed by atoms with Crippen LogP contribution in [0.3, 0.4) is 0 Å².